The predicted molar refractivity (Wildman–Crippen MR) is 109 cm³/mol. The van der Waals surface area contributed by atoms with Crippen molar-refractivity contribution in [1.29, 1.82) is 0 Å². The maximum absolute atomic E-state index is 12.5. The molecule has 3 rings (SSSR count). The van der Waals surface area contributed by atoms with Gasteiger partial charge in [0.15, 0.2) is 0 Å². The quantitative estimate of drug-likeness (QED) is 0.683. The molecule has 0 aromatic carbocycles. The van der Waals surface area contributed by atoms with Crippen molar-refractivity contribution in [2.75, 3.05) is 39.3 Å². The maximum atomic E-state index is 12.5. The molecule has 2 aliphatic rings. The van der Waals surface area contributed by atoms with E-state index in [4.69, 9.17) is 0 Å². The van der Waals surface area contributed by atoms with Gasteiger partial charge in [0, 0.05) is 51.5 Å². The molecule has 1 aromatic rings. The number of nitrogens with zero attached hydrogens (tertiary/aromatic N) is 3. The number of carbonyl (C=O) groups is 2. The summed E-state index contributed by atoms with van der Waals surface area (Å²) in [6.45, 7) is 7.66. The van der Waals surface area contributed by atoms with E-state index in [1.165, 1.54) is 25.3 Å². The van der Waals surface area contributed by atoms with Gasteiger partial charge in [0.05, 0.1) is 5.92 Å². The molecule has 0 bridgehead atoms. The smallest absolute Gasteiger partial charge is 0.224 e. The lowest BCUT2D eigenvalue weighted by Crippen LogP contribution is -2.51. The Morgan fingerprint density at radius 2 is 1.79 bits per heavy atom. The Bertz CT molecular complexity index is 631. The molecule has 2 aliphatic heterocycles. The zero-order valence-electron chi connectivity index (χ0n) is 16.9. The summed E-state index contributed by atoms with van der Waals surface area (Å²) in [6.07, 6.45) is 8.10. The van der Waals surface area contributed by atoms with Crippen LogP contribution in [0, 0.1) is 5.92 Å². The molecule has 2 saturated heterocycles. The predicted octanol–water partition coefficient (Wildman–Crippen LogP) is 1.01. The van der Waals surface area contributed by atoms with Crippen LogP contribution < -0.4 is 10.6 Å². The molecule has 0 saturated carbocycles. The van der Waals surface area contributed by atoms with Gasteiger partial charge in [-0.3, -0.25) is 24.4 Å². The topological polar surface area (TPSA) is 77.6 Å². The average molecular weight is 388 g/mol. The maximum Gasteiger partial charge on any atom is 0.224 e. The van der Waals surface area contributed by atoms with E-state index in [-0.39, 0.29) is 17.7 Å². The third-order valence-corrected chi connectivity index (χ3v) is 5.85. The van der Waals surface area contributed by atoms with Crippen LogP contribution in [-0.2, 0) is 16.1 Å². The number of hydrogen-bond donors (Lipinski definition) is 2. The van der Waals surface area contributed by atoms with E-state index in [1.807, 2.05) is 12.4 Å². The second-order valence-corrected chi connectivity index (χ2v) is 7.97. The van der Waals surface area contributed by atoms with Crippen LogP contribution in [-0.4, -0.2) is 71.9 Å². The van der Waals surface area contributed by atoms with Gasteiger partial charge in [-0.1, -0.05) is 0 Å². The number of rotatable bonds is 7. The van der Waals surface area contributed by atoms with Crippen LogP contribution in [0.1, 0.15) is 38.2 Å². The summed E-state index contributed by atoms with van der Waals surface area (Å²) in [5.41, 5.74) is 1.32. The highest BCUT2D eigenvalue weighted by molar-refractivity contribution is 5.79. The summed E-state index contributed by atoms with van der Waals surface area (Å²) >= 11 is 0. The van der Waals surface area contributed by atoms with Gasteiger partial charge < -0.3 is 10.6 Å². The standard InChI is InChI=1S/C21H33N5O2/c1-17(27)23-10-11-24-21(28)19-3-2-12-26(16-19)20-6-13-25(14-7-20)15-18-4-8-22-9-5-18/h4-5,8-9,19-20H,2-3,6-7,10-16H2,1H3,(H,23,27)(H,24,28)/t19-/m0/s1. The van der Waals surface area contributed by atoms with Gasteiger partial charge in [0.1, 0.15) is 0 Å². The van der Waals surface area contributed by atoms with Gasteiger partial charge in [-0.05, 0) is 63.0 Å². The second-order valence-electron chi connectivity index (χ2n) is 7.97. The Balaban J connectivity index is 1.40. The van der Waals surface area contributed by atoms with Crippen LogP contribution in [0.5, 0.6) is 0 Å². The summed E-state index contributed by atoms with van der Waals surface area (Å²) in [5.74, 6) is 0.138. The first kappa shape index (κ1) is 20.7. The van der Waals surface area contributed by atoms with Crippen LogP contribution >= 0.6 is 0 Å². The van der Waals surface area contributed by atoms with Gasteiger partial charge >= 0.3 is 0 Å². The van der Waals surface area contributed by atoms with Crippen molar-refractivity contribution >= 4 is 11.8 Å². The van der Waals surface area contributed by atoms with Crippen LogP contribution in [0.3, 0.4) is 0 Å². The van der Waals surface area contributed by atoms with Gasteiger partial charge in [0.25, 0.3) is 0 Å². The molecule has 2 N–H and O–H groups in total. The molecule has 1 aromatic heterocycles. The Labute approximate surface area is 167 Å². The summed E-state index contributed by atoms with van der Waals surface area (Å²) in [4.78, 5) is 32.5. The van der Waals surface area contributed by atoms with Crippen molar-refractivity contribution in [3.8, 4) is 0 Å². The fraction of sp³-hybridized carbons (Fsp3) is 0.667. The zero-order chi connectivity index (χ0) is 19.8. The van der Waals surface area contributed by atoms with Crippen molar-refractivity contribution in [2.24, 2.45) is 5.92 Å². The number of carbonyl (C=O) groups excluding carboxylic acids is 2. The van der Waals surface area contributed by atoms with Gasteiger partial charge in [-0.2, -0.15) is 0 Å². The number of hydrogen-bond acceptors (Lipinski definition) is 5. The Morgan fingerprint density at radius 3 is 2.50 bits per heavy atom. The Morgan fingerprint density at radius 1 is 1.07 bits per heavy atom. The van der Waals surface area contributed by atoms with Crippen LogP contribution in [0.25, 0.3) is 0 Å². The molecule has 3 heterocycles. The van der Waals surface area contributed by atoms with Gasteiger partial charge in [0.2, 0.25) is 11.8 Å². The Hall–Kier alpha value is -1.99. The van der Waals surface area contributed by atoms with E-state index in [2.05, 4.69) is 37.6 Å². The minimum Gasteiger partial charge on any atom is -0.355 e. The van der Waals surface area contributed by atoms with E-state index < -0.39 is 0 Å². The van der Waals surface area contributed by atoms with Gasteiger partial charge in [-0.15, -0.1) is 0 Å². The molecule has 2 fully saturated rings. The number of pyridine rings is 1. The molecule has 2 amide bonds. The highest BCUT2D eigenvalue weighted by atomic mass is 16.2. The van der Waals surface area contributed by atoms with E-state index in [0.717, 1.165) is 45.6 Å². The fourth-order valence-corrected chi connectivity index (χ4v) is 4.31. The van der Waals surface area contributed by atoms with E-state index in [9.17, 15) is 9.59 Å². The molecule has 0 spiro atoms. The van der Waals surface area contributed by atoms with E-state index >= 15 is 0 Å². The minimum absolute atomic E-state index is 0.0617. The first-order chi connectivity index (χ1) is 13.6. The molecule has 154 valence electrons. The van der Waals surface area contributed by atoms with Crippen molar-refractivity contribution < 1.29 is 9.59 Å². The van der Waals surface area contributed by atoms with Crippen molar-refractivity contribution in [1.82, 2.24) is 25.4 Å². The highest BCUT2D eigenvalue weighted by Gasteiger charge is 2.31. The van der Waals surface area contributed by atoms with Crippen LogP contribution in [0.4, 0.5) is 0 Å². The third-order valence-electron chi connectivity index (χ3n) is 5.85. The third kappa shape index (κ3) is 6.27. The average Bonchev–Trinajstić information content (AvgIpc) is 2.72. The molecular formula is C21H33N5O2. The summed E-state index contributed by atoms with van der Waals surface area (Å²) in [7, 11) is 0. The number of amides is 2. The number of likely N-dealkylation sites (tertiary alicyclic amines) is 2. The summed E-state index contributed by atoms with van der Waals surface area (Å²) in [5, 5.41) is 5.69. The molecule has 1 atom stereocenters. The van der Waals surface area contributed by atoms with E-state index in [0.29, 0.717) is 19.1 Å². The number of piperidine rings is 2. The van der Waals surface area contributed by atoms with Crippen molar-refractivity contribution in [3.63, 3.8) is 0 Å². The lowest BCUT2D eigenvalue weighted by atomic mass is 9.93. The summed E-state index contributed by atoms with van der Waals surface area (Å²) < 4.78 is 0. The van der Waals surface area contributed by atoms with Gasteiger partial charge in [-0.25, -0.2) is 0 Å². The number of nitrogens with one attached hydrogen (secondary N) is 2. The van der Waals surface area contributed by atoms with E-state index in [1.54, 1.807) is 0 Å². The van der Waals surface area contributed by atoms with Crippen LogP contribution in [0.2, 0.25) is 0 Å². The lowest BCUT2D eigenvalue weighted by molar-refractivity contribution is -0.127. The largest absolute Gasteiger partial charge is 0.355 e. The monoisotopic (exact) mass is 387 g/mol. The molecule has 7 heteroatoms. The SMILES string of the molecule is CC(=O)NCCNC(=O)[C@H]1CCCN(C2CCN(Cc3ccncc3)CC2)C1. The summed E-state index contributed by atoms with van der Waals surface area (Å²) in [6, 6.07) is 4.77. The molecule has 0 unspecified atom stereocenters. The Kier molecular flexibility index (Phi) is 7.80. The lowest BCUT2D eigenvalue weighted by Gasteiger charge is -2.42. The zero-order valence-corrected chi connectivity index (χ0v) is 16.9. The second kappa shape index (κ2) is 10.5. The first-order valence-electron chi connectivity index (χ1n) is 10.5. The molecule has 7 nitrogen and oxygen atoms in total. The first-order valence-corrected chi connectivity index (χ1v) is 10.5. The normalized spacial score (nSPS) is 22.0. The van der Waals surface area contributed by atoms with Crippen LogP contribution in [0.15, 0.2) is 24.5 Å². The highest BCUT2D eigenvalue weighted by Crippen LogP contribution is 2.24. The van der Waals surface area contributed by atoms with Crippen molar-refractivity contribution in [2.45, 2.75) is 45.2 Å². The molecule has 0 aliphatic carbocycles. The molecule has 0 radical (unpaired) electrons. The van der Waals surface area contributed by atoms with Crippen molar-refractivity contribution in [3.05, 3.63) is 30.1 Å². The fourth-order valence-electron chi connectivity index (χ4n) is 4.31. The minimum atomic E-state index is -0.0617. The molecule has 28 heavy (non-hydrogen) atoms. The number of aromatic nitrogens is 1. The molecular weight excluding hydrogens is 354 g/mol.